The number of ether oxygens (including phenoxy) is 1. The molecule has 0 aromatic rings. The molecule has 0 heterocycles. The van der Waals surface area contributed by atoms with Gasteiger partial charge < -0.3 is 4.74 Å². The van der Waals surface area contributed by atoms with E-state index in [1.165, 1.54) is 32.1 Å². The zero-order valence-electron chi connectivity index (χ0n) is 11.7. The van der Waals surface area contributed by atoms with Crippen LogP contribution in [0.4, 0.5) is 0 Å². The fourth-order valence-electron chi connectivity index (χ4n) is 1.77. The third-order valence-electron chi connectivity index (χ3n) is 2.87. The number of carbonyl (C=O) groups excluding carboxylic acids is 1. The Kier molecular flexibility index (Phi) is 13.2. The van der Waals surface area contributed by atoms with Crippen molar-refractivity contribution in [1.82, 2.24) is 0 Å². The topological polar surface area (TPSA) is 26.3 Å². The minimum atomic E-state index is -0.0668. The first-order valence-corrected chi connectivity index (χ1v) is 7.18. The molecule has 2 nitrogen and oxygen atoms in total. The summed E-state index contributed by atoms with van der Waals surface area (Å²) in [6.45, 7) is 7.77. The highest BCUT2D eigenvalue weighted by atomic mass is 16.5. The first-order valence-electron chi connectivity index (χ1n) is 7.18. The van der Waals surface area contributed by atoms with E-state index in [4.69, 9.17) is 4.74 Å². The van der Waals surface area contributed by atoms with Crippen molar-refractivity contribution in [2.75, 3.05) is 6.61 Å². The molecule has 0 unspecified atom stereocenters. The van der Waals surface area contributed by atoms with Gasteiger partial charge in [-0.3, -0.25) is 4.79 Å². The molecule has 0 N–H and O–H groups in total. The van der Waals surface area contributed by atoms with Crippen LogP contribution >= 0.6 is 0 Å². The Morgan fingerprint density at radius 1 is 0.833 bits per heavy atom. The summed E-state index contributed by atoms with van der Waals surface area (Å²) in [4.78, 5) is 11.3. The molecular weight excluding hydrogens is 224 g/mol. The van der Waals surface area contributed by atoms with Crippen LogP contribution in [0, 0.1) is 0 Å². The first kappa shape index (κ1) is 16.9. The molecule has 0 aliphatic heterocycles. The van der Waals surface area contributed by atoms with E-state index in [1.54, 1.807) is 6.08 Å². The van der Waals surface area contributed by atoms with Crippen LogP contribution in [0.1, 0.15) is 64.2 Å². The lowest BCUT2D eigenvalue weighted by molar-refractivity contribution is -0.143. The van der Waals surface area contributed by atoms with Crippen LogP contribution in [-0.4, -0.2) is 12.6 Å². The Hall–Kier alpha value is -1.05. The number of unbranched alkanes of at least 4 members (excludes halogenated alkanes) is 7. The van der Waals surface area contributed by atoms with Crippen LogP contribution in [0.2, 0.25) is 0 Å². The predicted octanol–water partition coefficient (Wildman–Crippen LogP) is 4.80. The van der Waals surface area contributed by atoms with Crippen LogP contribution in [0.3, 0.4) is 0 Å². The molecule has 0 rings (SSSR count). The summed E-state index contributed by atoms with van der Waals surface area (Å²) in [6, 6.07) is 0. The molecule has 0 fully saturated rings. The Morgan fingerprint density at radius 2 is 1.39 bits per heavy atom. The molecule has 0 aromatic heterocycles. The SMILES string of the molecule is C=CCCCCCCCCCC(=O)OCCC=C. The minimum absolute atomic E-state index is 0.0668. The molecule has 104 valence electrons. The highest BCUT2D eigenvalue weighted by molar-refractivity contribution is 5.69. The molecule has 0 aliphatic rings. The summed E-state index contributed by atoms with van der Waals surface area (Å²) >= 11 is 0. The van der Waals surface area contributed by atoms with E-state index in [0.717, 1.165) is 25.7 Å². The van der Waals surface area contributed by atoms with Gasteiger partial charge >= 0.3 is 5.97 Å². The van der Waals surface area contributed by atoms with Gasteiger partial charge in [-0.15, -0.1) is 13.2 Å². The summed E-state index contributed by atoms with van der Waals surface area (Å²) < 4.78 is 5.03. The van der Waals surface area contributed by atoms with Crippen molar-refractivity contribution in [3.8, 4) is 0 Å². The number of allylic oxidation sites excluding steroid dienone is 1. The van der Waals surface area contributed by atoms with Crippen molar-refractivity contribution in [3.05, 3.63) is 25.3 Å². The molecule has 18 heavy (non-hydrogen) atoms. The molecule has 0 aliphatic carbocycles. The predicted molar refractivity (Wildman–Crippen MR) is 77.5 cm³/mol. The lowest BCUT2D eigenvalue weighted by Gasteiger charge is -2.03. The zero-order valence-corrected chi connectivity index (χ0v) is 11.7. The lowest BCUT2D eigenvalue weighted by Crippen LogP contribution is -2.04. The van der Waals surface area contributed by atoms with E-state index < -0.39 is 0 Å². The van der Waals surface area contributed by atoms with Crippen molar-refractivity contribution < 1.29 is 9.53 Å². The summed E-state index contributed by atoms with van der Waals surface area (Å²) in [5.41, 5.74) is 0. The van der Waals surface area contributed by atoms with Gasteiger partial charge in [0.15, 0.2) is 0 Å². The van der Waals surface area contributed by atoms with Gasteiger partial charge in [0.25, 0.3) is 0 Å². The quantitative estimate of drug-likeness (QED) is 0.267. The monoisotopic (exact) mass is 252 g/mol. The minimum Gasteiger partial charge on any atom is -0.465 e. The second kappa shape index (κ2) is 14.0. The summed E-state index contributed by atoms with van der Waals surface area (Å²) in [5.74, 6) is -0.0668. The zero-order chi connectivity index (χ0) is 13.5. The molecule has 0 saturated carbocycles. The Labute approximate surface area is 112 Å². The number of carbonyl (C=O) groups is 1. The van der Waals surface area contributed by atoms with Crippen molar-refractivity contribution in [2.45, 2.75) is 64.2 Å². The number of hydrogen-bond donors (Lipinski definition) is 0. The van der Waals surface area contributed by atoms with Crippen molar-refractivity contribution >= 4 is 5.97 Å². The summed E-state index contributed by atoms with van der Waals surface area (Å²) in [5, 5.41) is 0. The maximum absolute atomic E-state index is 11.3. The molecule has 0 amide bonds. The van der Waals surface area contributed by atoms with Gasteiger partial charge in [0.2, 0.25) is 0 Å². The fraction of sp³-hybridized carbons (Fsp3) is 0.688. The number of esters is 1. The third kappa shape index (κ3) is 13.0. The Balaban J connectivity index is 3.12. The maximum atomic E-state index is 11.3. The number of hydrogen-bond acceptors (Lipinski definition) is 2. The smallest absolute Gasteiger partial charge is 0.305 e. The normalized spacial score (nSPS) is 10.0. The van der Waals surface area contributed by atoms with Gasteiger partial charge in [0.05, 0.1) is 6.61 Å². The molecule has 0 bridgehead atoms. The standard InChI is InChI=1S/C16H28O2/c1-3-5-7-8-9-10-11-12-13-14-16(17)18-15-6-4-2/h3-4H,1-2,5-15H2. The molecule has 0 atom stereocenters. The highest BCUT2D eigenvalue weighted by Gasteiger charge is 2.01. The largest absolute Gasteiger partial charge is 0.465 e. The third-order valence-corrected chi connectivity index (χ3v) is 2.87. The highest BCUT2D eigenvalue weighted by Crippen LogP contribution is 2.10. The van der Waals surface area contributed by atoms with E-state index in [1.807, 2.05) is 6.08 Å². The summed E-state index contributed by atoms with van der Waals surface area (Å²) in [7, 11) is 0. The van der Waals surface area contributed by atoms with Gasteiger partial charge in [0, 0.05) is 6.42 Å². The molecular formula is C16H28O2. The van der Waals surface area contributed by atoms with Gasteiger partial charge in [-0.2, -0.15) is 0 Å². The van der Waals surface area contributed by atoms with E-state index in [0.29, 0.717) is 13.0 Å². The molecule has 0 aromatic carbocycles. The van der Waals surface area contributed by atoms with E-state index in [9.17, 15) is 4.79 Å². The second-order valence-corrected chi connectivity index (χ2v) is 4.60. The average molecular weight is 252 g/mol. The van der Waals surface area contributed by atoms with Crippen molar-refractivity contribution in [2.24, 2.45) is 0 Å². The van der Waals surface area contributed by atoms with Crippen LogP contribution < -0.4 is 0 Å². The number of rotatable bonds is 13. The van der Waals surface area contributed by atoms with Gasteiger partial charge in [0.1, 0.15) is 0 Å². The van der Waals surface area contributed by atoms with E-state index in [-0.39, 0.29) is 5.97 Å². The van der Waals surface area contributed by atoms with Crippen molar-refractivity contribution in [3.63, 3.8) is 0 Å². The van der Waals surface area contributed by atoms with Gasteiger partial charge in [-0.25, -0.2) is 0 Å². The second-order valence-electron chi connectivity index (χ2n) is 4.60. The van der Waals surface area contributed by atoms with Crippen molar-refractivity contribution in [1.29, 1.82) is 0 Å². The van der Waals surface area contributed by atoms with Gasteiger partial charge in [-0.05, 0) is 25.7 Å². The molecule has 0 radical (unpaired) electrons. The van der Waals surface area contributed by atoms with Crippen LogP contribution in [-0.2, 0) is 9.53 Å². The maximum Gasteiger partial charge on any atom is 0.305 e. The van der Waals surface area contributed by atoms with E-state index in [2.05, 4.69) is 13.2 Å². The van der Waals surface area contributed by atoms with Crippen LogP contribution in [0.15, 0.2) is 25.3 Å². The van der Waals surface area contributed by atoms with Crippen LogP contribution in [0.5, 0.6) is 0 Å². The fourth-order valence-corrected chi connectivity index (χ4v) is 1.77. The molecule has 0 saturated heterocycles. The lowest BCUT2D eigenvalue weighted by atomic mass is 10.1. The summed E-state index contributed by atoms with van der Waals surface area (Å²) in [6.07, 6.45) is 14.7. The van der Waals surface area contributed by atoms with Gasteiger partial charge in [-0.1, -0.05) is 44.3 Å². The Bertz CT molecular complexity index is 221. The van der Waals surface area contributed by atoms with Crippen LogP contribution in [0.25, 0.3) is 0 Å². The van der Waals surface area contributed by atoms with E-state index >= 15 is 0 Å². The average Bonchev–Trinajstić information content (AvgIpc) is 2.37. The molecule has 2 heteroatoms. The first-order chi connectivity index (χ1) is 8.81. The Morgan fingerprint density at radius 3 is 2.00 bits per heavy atom. The molecule has 0 spiro atoms.